The second kappa shape index (κ2) is 7.78. The normalized spacial score (nSPS) is 17.4. The molecule has 0 amide bonds. The fourth-order valence-electron chi connectivity index (χ4n) is 4.07. The van der Waals surface area contributed by atoms with Gasteiger partial charge in [0.05, 0.1) is 24.1 Å². The number of nitrogens with zero attached hydrogens (tertiary/aromatic N) is 7. The Kier molecular flexibility index (Phi) is 4.84. The Morgan fingerprint density at radius 1 is 1.14 bits per heavy atom. The molecular weight excluding hydrogens is 372 g/mol. The highest BCUT2D eigenvalue weighted by atomic mass is 16.3. The molecule has 0 aliphatic carbocycles. The first kappa shape index (κ1) is 18.0. The number of rotatable bonds is 5. The molecule has 0 atom stereocenters. The number of hydrogen-bond acceptors (Lipinski definition) is 8. The largest absolute Gasteiger partial charge is 0.467 e. The fraction of sp³-hybridized carbons (Fsp3) is 0.526. The second-order valence-corrected chi connectivity index (χ2v) is 7.66. The number of furan rings is 1. The Labute approximate surface area is 167 Å². The highest BCUT2D eigenvalue weighted by molar-refractivity contribution is 5.34. The number of nitrogens with one attached hydrogen (secondary N) is 1. The first-order valence-corrected chi connectivity index (χ1v) is 10.1. The zero-order valence-corrected chi connectivity index (χ0v) is 16.3. The number of aromatic amines is 1. The molecule has 2 aliphatic heterocycles. The van der Waals surface area contributed by atoms with Gasteiger partial charge < -0.3 is 9.32 Å². The highest BCUT2D eigenvalue weighted by Gasteiger charge is 2.24. The average molecular weight is 396 g/mol. The Morgan fingerprint density at radius 2 is 2.03 bits per heavy atom. The minimum Gasteiger partial charge on any atom is -0.467 e. The highest BCUT2D eigenvalue weighted by Crippen LogP contribution is 2.20. The van der Waals surface area contributed by atoms with Gasteiger partial charge in [-0.3, -0.25) is 14.7 Å². The molecule has 2 aliphatic rings. The molecule has 5 heterocycles. The van der Waals surface area contributed by atoms with E-state index in [1.807, 2.05) is 12.1 Å². The van der Waals surface area contributed by atoms with Crippen molar-refractivity contribution in [1.29, 1.82) is 0 Å². The van der Waals surface area contributed by atoms with Gasteiger partial charge in [0.15, 0.2) is 5.82 Å². The Bertz CT molecular complexity index is 1020. The van der Waals surface area contributed by atoms with E-state index in [1.54, 1.807) is 10.9 Å². The van der Waals surface area contributed by atoms with Crippen LogP contribution in [0.4, 0.5) is 5.95 Å². The van der Waals surface area contributed by atoms with Crippen LogP contribution in [0.5, 0.6) is 0 Å². The van der Waals surface area contributed by atoms with Crippen molar-refractivity contribution in [3.63, 3.8) is 0 Å². The number of H-pyrrole nitrogens is 1. The van der Waals surface area contributed by atoms with E-state index in [0.717, 1.165) is 67.7 Å². The summed E-state index contributed by atoms with van der Waals surface area (Å²) in [6.07, 6.45) is 5.95. The van der Waals surface area contributed by atoms with E-state index in [-0.39, 0.29) is 5.56 Å². The molecule has 29 heavy (non-hydrogen) atoms. The van der Waals surface area contributed by atoms with Gasteiger partial charge in [-0.1, -0.05) is 0 Å². The van der Waals surface area contributed by atoms with Gasteiger partial charge >= 0.3 is 0 Å². The molecule has 0 bridgehead atoms. The number of piperidine rings is 1. The van der Waals surface area contributed by atoms with Crippen molar-refractivity contribution >= 4 is 5.95 Å². The molecule has 1 fully saturated rings. The first-order valence-electron chi connectivity index (χ1n) is 10.1. The molecule has 10 nitrogen and oxygen atoms in total. The lowest BCUT2D eigenvalue weighted by molar-refractivity contribution is 0.231. The second-order valence-electron chi connectivity index (χ2n) is 7.66. The summed E-state index contributed by atoms with van der Waals surface area (Å²) >= 11 is 0. The van der Waals surface area contributed by atoms with Crippen molar-refractivity contribution in [2.24, 2.45) is 0 Å². The van der Waals surface area contributed by atoms with Crippen LogP contribution >= 0.6 is 0 Å². The maximum absolute atomic E-state index is 12.7. The van der Waals surface area contributed by atoms with Crippen molar-refractivity contribution in [1.82, 2.24) is 35.1 Å². The molecule has 1 saturated heterocycles. The van der Waals surface area contributed by atoms with Crippen molar-refractivity contribution < 1.29 is 4.42 Å². The summed E-state index contributed by atoms with van der Waals surface area (Å²) in [6.45, 7) is 4.35. The smallest absolute Gasteiger partial charge is 0.257 e. The predicted octanol–water partition coefficient (Wildman–Crippen LogP) is 0.946. The van der Waals surface area contributed by atoms with E-state index in [9.17, 15) is 4.79 Å². The molecule has 3 aromatic rings. The zero-order valence-electron chi connectivity index (χ0n) is 16.3. The molecule has 0 unspecified atom stereocenters. The van der Waals surface area contributed by atoms with Crippen LogP contribution in [-0.2, 0) is 26.1 Å². The SMILES string of the molecule is O=c1[nH]c(N2CCCCC2)nc2c1CN(Cc1nnnn1Cc1ccco1)CC2. The topological polar surface area (TPSA) is 109 Å². The summed E-state index contributed by atoms with van der Waals surface area (Å²) < 4.78 is 7.12. The van der Waals surface area contributed by atoms with Gasteiger partial charge in [-0.25, -0.2) is 9.67 Å². The molecule has 0 radical (unpaired) electrons. The number of aromatic nitrogens is 6. The van der Waals surface area contributed by atoms with Crippen molar-refractivity contribution in [3.8, 4) is 0 Å². The van der Waals surface area contributed by atoms with E-state index >= 15 is 0 Å². The number of anilines is 1. The van der Waals surface area contributed by atoms with Crippen LogP contribution in [0.15, 0.2) is 27.6 Å². The van der Waals surface area contributed by atoms with Gasteiger partial charge in [-0.2, -0.15) is 0 Å². The summed E-state index contributed by atoms with van der Waals surface area (Å²) in [6, 6.07) is 3.74. The number of hydrogen-bond donors (Lipinski definition) is 1. The summed E-state index contributed by atoms with van der Waals surface area (Å²) in [5.41, 5.74) is 1.64. The van der Waals surface area contributed by atoms with Crippen molar-refractivity contribution in [2.75, 3.05) is 24.5 Å². The van der Waals surface area contributed by atoms with E-state index in [2.05, 4.69) is 30.3 Å². The molecule has 152 valence electrons. The molecular formula is C19H24N8O2. The van der Waals surface area contributed by atoms with Crippen molar-refractivity contribution in [3.05, 3.63) is 51.6 Å². The van der Waals surface area contributed by atoms with Gasteiger partial charge in [0.1, 0.15) is 12.3 Å². The van der Waals surface area contributed by atoms with E-state index in [0.29, 0.717) is 19.6 Å². The predicted molar refractivity (Wildman–Crippen MR) is 104 cm³/mol. The van der Waals surface area contributed by atoms with Gasteiger partial charge in [-0.05, 0) is 41.8 Å². The summed E-state index contributed by atoms with van der Waals surface area (Å²) in [5, 5.41) is 12.0. The number of tetrazole rings is 1. The van der Waals surface area contributed by atoms with E-state index in [4.69, 9.17) is 9.40 Å². The van der Waals surface area contributed by atoms with Crippen LogP contribution in [0.1, 0.15) is 42.1 Å². The van der Waals surface area contributed by atoms with Gasteiger partial charge in [0, 0.05) is 32.6 Å². The van der Waals surface area contributed by atoms with E-state index < -0.39 is 0 Å². The summed E-state index contributed by atoms with van der Waals surface area (Å²) in [4.78, 5) is 24.9. The Balaban J connectivity index is 1.30. The summed E-state index contributed by atoms with van der Waals surface area (Å²) in [5.74, 6) is 2.27. The van der Waals surface area contributed by atoms with Gasteiger partial charge in [-0.15, -0.1) is 5.10 Å². The van der Waals surface area contributed by atoms with E-state index in [1.165, 1.54) is 6.42 Å². The number of fused-ring (bicyclic) bond motifs is 1. The zero-order chi connectivity index (χ0) is 19.6. The first-order chi connectivity index (χ1) is 14.3. The third kappa shape index (κ3) is 3.80. The minimum atomic E-state index is -0.0320. The van der Waals surface area contributed by atoms with Crippen molar-refractivity contribution in [2.45, 2.75) is 45.3 Å². The third-order valence-corrected chi connectivity index (χ3v) is 5.65. The molecule has 1 N–H and O–H groups in total. The molecule has 0 aromatic carbocycles. The minimum absolute atomic E-state index is 0.0320. The van der Waals surface area contributed by atoms with Crippen LogP contribution in [0.25, 0.3) is 0 Å². The maximum Gasteiger partial charge on any atom is 0.257 e. The lowest BCUT2D eigenvalue weighted by Gasteiger charge is -2.30. The van der Waals surface area contributed by atoms with Crippen LogP contribution in [0.2, 0.25) is 0 Å². The standard InChI is InChI=1S/C19H24N8O2/c28-18-15-12-25(13-17-22-23-24-27(17)11-14-5-4-10-29-14)9-6-16(15)20-19(21-18)26-7-2-1-3-8-26/h4-5,10H,1-3,6-9,11-13H2,(H,20,21,28). The quantitative estimate of drug-likeness (QED) is 0.679. The molecule has 10 heteroatoms. The van der Waals surface area contributed by atoms with Crippen LogP contribution < -0.4 is 10.5 Å². The third-order valence-electron chi connectivity index (χ3n) is 5.65. The lowest BCUT2D eigenvalue weighted by atomic mass is 10.1. The molecule has 5 rings (SSSR count). The Morgan fingerprint density at radius 3 is 2.86 bits per heavy atom. The summed E-state index contributed by atoms with van der Waals surface area (Å²) in [7, 11) is 0. The molecule has 3 aromatic heterocycles. The fourth-order valence-corrected chi connectivity index (χ4v) is 4.07. The average Bonchev–Trinajstić information content (AvgIpc) is 3.42. The van der Waals surface area contributed by atoms with Gasteiger partial charge in [0.2, 0.25) is 5.95 Å². The van der Waals surface area contributed by atoms with Gasteiger partial charge in [0.25, 0.3) is 5.56 Å². The van der Waals surface area contributed by atoms with Crippen LogP contribution in [0.3, 0.4) is 0 Å². The Hall–Kier alpha value is -3.01. The monoisotopic (exact) mass is 396 g/mol. The maximum atomic E-state index is 12.7. The van der Waals surface area contributed by atoms with Crippen LogP contribution in [-0.4, -0.2) is 54.7 Å². The molecule has 0 spiro atoms. The lowest BCUT2D eigenvalue weighted by Crippen LogP contribution is -2.38. The molecule has 0 saturated carbocycles. The van der Waals surface area contributed by atoms with Crippen LogP contribution in [0, 0.1) is 0 Å².